The van der Waals surface area contributed by atoms with Crippen molar-refractivity contribution in [2.75, 3.05) is 11.9 Å². The lowest BCUT2D eigenvalue weighted by Crippen LogP contribution is -2.54. The summed E-state index contributed by atoms with van der Waals surface area (Å²) < 4.78 is 0. The number of nitrogens with one attached hydrogen (secondary N) is 1. The zero-order chi connectivity index (χ0) is 20.4. The van der Waals surface area contributed by atoms with E-state index in [2.05, 4.69) is 17.1 Å². The molecule has 1 saturated heterocycles. The first-order valence-corrected chi connectivity index (χ1v) is 10.8. The molecule has 2 amide bonds. The Balaban J connectivity index is 1.46. The smallest absolute Gasteiger partial charge is 0.255 e. The van der Waals surface area contributed by atoms with Crippen molar-refractivity contribution in [3.63, 3.8) is 0 Å². The first kappa shape index (κ1) is 19.7. The quantitative estimate of drug-likeness (QED) is 0.759. The van der Waals surface area contributed by atoms with Crippen LogP contribution < -0.4 is 5.32 Å². The summed E-state index contributed by atoms with van der Waals surface area (Å²) in [5, 5.41) is 2.91. The van der Waals surface area contributed by atoms with E-state index in [1.807, 2.05) is 31.2 Å². The normalized spacial score (nSPS) is 23.9. The summed E-state index contributed by atoms with van der Waals surface area (Å²) in [5.74, 6) is -0.0565. The van der Waals surface area contributed by atoms with Crippen LogP contribution in [0.4, 0.5) is 5.69 Å². The zero-order valence-corrected chi connectivity index (χ0v) is 17.4. The van der Waals surface area contributed by atoms with Gasteiger partial charge in [-0.05, 0) is 74.4 Å². The predicted molar refractivity (Wildman–Crippen MR) is 116 cm³/mol. The highest BCUT2D eigenvalue weighted by molar-refractivity contribution is 6.05. The van der Waals surface area contributed by atoms with Gasteiger partial charge in [0, 0.05) is 29.4 Å². The summed E-state index contributed by atoms with van der Waals surface area (Å²) in [6, 6.07) is 15.2. The molecule has 29 heavy (non-hydrogen) atoms. The summed E-state index contributed by atoms with van der Waals surface area (Å²) in [6.45, 7) is 5.21. The molecule has 2 fully saturated rings. The van der Waals surface area contributed by atoms with E-state index in [0.717, 1.165) is 30.6 Å². The fourth-order valence-corrected chi connectivity index (χ4v) is 5.03. The molecule has 1 aliphatic heterocycles. The molecule has 2 atom stereocenters. The van der Waals surface area contributed by atoms with Gasteiger partial charge in [-0.2, -0.15) is 0 Å². The molecule has 1 heterocycles. The zero-order valence-electron chi connectivity index (χ0n) is 17.4. The molecule has 0 aromatic heterocycles. The second kappa shape index (κ2) is 8.02. The predicted octanol–water partition coefficient (Wildman–Crippen LogP) is 5.43. The van der Waals surface area contributed by atoms with Crippen LogP contribution in [0.25, 0.3) is 0 Å². The van der Waals surface area contributed by atoms with Gasteiger partial charge in [-0.15, -0.1) is 0 Å². The van der Waals surface area contributed by atoms with Gasteiger partial charge in [0.05, 0.1) is 0 Å². The van der Waals surface area contributed by atoms with Crippen molar-refractivity contribution in [3.8, 4) is 0 Å². The highest BCUT2D eigenvalue weighted by Gasteiger charge is 2.44. The molecule has 0 spiro atoms. The number of piperidine rings is 1. The lowest BCUT2D eigenvalue weighted by atomic mass is 9.66. The molecule has 2 aliphatic rings. The Morgan fingerprint density at radius 1 is 0.931 bits per heavy atom. The average Bonchev–Trinajstić information content (AvgIpc) is 2.74. The van der Waals surface area contributed by atoms with E-state index < -0.39 is 0 Å². The molecule has 0 bridgehead atoms. The molecule has 0 unspecified atom stereocenters. The van der Waals surface area contributed by atoms with E-state index in [-0.39, 0.29) is 17.2 Å². The molecule has 1 aliphatic carbocycles. The number of nitrogens with zero attached hydrogens (tertiary/aromatic N) is 1. The number of rotatable bonds is 3. The molecule has 152 valence electrons. The van der Waals surface area contributed by atoms with Crippen LogP contribution in [0.2, 0.25) is 0 Å². The summed E-state index contributed by atoms with van der Waals surface area (Å²) in [7, 11) is 0. The number of carbonyl (C=O) groups excluding carboxylic acids is 2. The number of amides is 2. The Morgan fingerprint density at radius 2 is 1.59 bits per heavy atom. The first-order chi connectivity index (χ1) is 14.0. The van der Waals surface area contributed by atoms with Gasteiger partial charge in [0.15, 0.2) is 0 Å². The van der Waals surface area contributed by atoms with E-state index in [9.17, 15) is 9.59 Å². The van der Waals surface area contributed by atoms with Crippen molar-refractivity contribution < 1.29 is 9.59 Å². The van der Waals surface area contributed by atoms with E-state index in [0.29, 0.717) is 17.2 Å². The molecular weight excluding hydrogens is 360 g/mol. The fourth-order valence-electron chi connectivity index (χ4n) is 5.03. The van der Waals surface area contributed by atoms with Gasteiger partial charge < -0.3 is 10.2 Å². The van der Waals surface area contributed by atoms with Gasteiger partial charge in [0.25, 0.3) is 11.8 Å². The van der Waals surface area contributed by atoms with Crippen LogP contribution in [-0.4, -0.2) is 29.3 Å². The minimum absolute atomic E-state index is 0.105. The van der Waals surface area contributed by atoms with E-state index in [1.165, 1.54) is 25.7 Å². The number of hydrogen-bond acceptors (Lipinski definition) is 2. The number of likely N-dealkylation sites (tertiary alicyclic amines) is 1. The maximum absolute atomic E-state index is 13.2. The minimum Gasteiger partial charge on any atom is -0.335 e. The maximum Gasteiger partial charge on any atom is 0.255 e. The Labute approximate surface area is 173 Å². The second-order valence-electron chi connectivity index (χ2n) is 8.92. The Kier molecular flexibility index (Phi) is 5.44. The Morgan fingerprint density at radius 3 is 2.31 bits per heavy atom. The number of carbonyl (C=O) groups is 2. The average molecular weight is 391 g/mol. The van der Waals surface area contributed by atoms with Gasteiger partial charge in [0.1, 0.15) is 0 Å². The van der Waals surface area contributed by atoms with Gasteiger partial charge in [0.2, 0.25) is 0 Å². The van der Waals surface area contributed by atoms with Crippen molar-refractivity contribution >= 4 is 17.5 Å². The van der Waals surface area contributed by atoms with E-state index in [4.69, 9.17) is 0 Å². The highest BCUT2D eigenvalue weighted by Crippen LogP contribution is 2.45. The summed E-state index contributed by atoms with van der Waals surface area (Å²) in [6.07, 6.45) is 7.12. The highest BCUT2D eigenvalue weighted by atomic mass is 16.2. The van der Waals surface area contributed by atoms with Crippen LogP contribution >= 0.6 is 0 Å². The van der Waals surface area contributed by atoms with Crippen molar-refractivity contribution in [2.45, 2.75) is 58.4 Å². The minimum atomic E-state index is -0.161. The van der Waals surface area contributed by atoms with Gasteiger partial charge in [-0.3, -0.25) is 9.59 Å². The van der Waals surface area contributed by atoms with Crippen molar-refractivity contribution in [3.05, 3.63) is 65.2 Å². The number of aryl methyl sites for hydroxylation is 1. The molecule has 0 radical (unpaired) electrons. The van der Waals surface area contributed by atoms with Gasteiger partial charge in [-0.1, -0.05) is 37.5 Å². The Hall–Kier alpha value is -2.62. The van der Waals surface area contributed by atoms with Crippen molar-refractivity contribution in [1.82, 2.24) is 4.90 Å². The standard InChI is InChI=1S/C25H30N2O2/c1-18-7-13-21(14-8-18)26-23(28)19-9-11-20(12-10-19)24(29)27-17-5-16-25(2)15-4-3-6-22(25)27/h7-14,22H,3-6,15-17H2,1-2H3,(H,26,28)/t22-,25+/m0/s1. The molecule has 4 heteroatoms. The monoisotopic (exact) mass is 390 g/mol. The SMILES string of the molecule is Cc1ccc(NC(=O)c2ccc(C(=O)N3CCC[C@@]4(C)CCCC[C@H]34)cc2)cc1. The van der Waals surface area contributed by atoms with E-state index in [1.54, 1.807) is 24.3 Å². The molecule has 4 nitrogen and oxygen atoms in total. The molecule has 4 rings (SSSR count). The molecule has 2 aromatic carbocycles. The van der Waals surface area contributed by atoms with Crippen LogP contribution in [0, 0.1) is 12.3 Å². The van der Waals surface area contributed by atoms with Crippen LogP contribution in [0.3, 0.4) is 0 Å². The lowest BCUT2D eigenvalue weighted by Gasteiger charge is -2.51. The maximum atomic E-state index is 13.2. The molecule has 1 N–H and O–H groups in total. The second-order valence-corrected chi connectivity index (χ2v) is 8.92. The molecular formula is C25H30N2O2. The largest absolute Gasteiger partial charge is 0.335 e. The third-order valence-corrected chi connectivity index (χ3v) is 6.77. The first-order valence-electron chi connectivity index (χ1n) is 10.8. The summed E-state index contributed by atoms with van der Waals surface area (Å²) in [5.41, 5.74) is 3.42. The van der Waals surface area contributed by atoms with Crippen LogP contribution in [0.5, 0.6) is 0 Å². The number of benzene rings is 2. The summed E-state index contributed by atoms with van der Waals surface area (Å²) >= 11 is 0. The number of anilines is 1. The van der Waals surface area contributed by atoms with Gasteiger partial charge in [-0.25, -0.2) is 0 Å². The number of fused-ring (bicyclic) bond motifs is 1. The van der Waals surface area contributed by atoms with Crippen molar-refractivity contribution in [1.29, 1.82) is 0 Å². The van der Waals surface area contributed by atoms with Crippen LogP contribution in [0.1, 0.15) is 71.7 Å². The lowest BCUT2D eigenvalue weighted by molar-refractivity contribution is -0.000454. The summed E-state index contributed by atoms with van der Waals surface area (Å²) in [4.78, 5) is 27.8. The van der Waals surface area contributed by atoms with Crippen LogP contribution in [-0.2, 0) is 0 Å². The fraction of sp³-hybridized carbons (Fsp3) is 0.440. The van der Waals surface area contributed by atoms with Crippen LogP contribution in [0.15, 0.2) is 48.5 Å². The topological polar surface area (TPSA) is 49.4 Å². The van der Waals surface area contributed by atoms with Gasteiger partial charge >= 0.3 is 0 Å². The number of hydrogen-bond donors (Lipinski definition) is 1. The third-order valence-electron chi connectivity index (χ3n) is 6.77. The molecule has 1 saturated carbocycles. The molecule has 2 aromatic rings. The Bertz CT molecular complexity index is 884. The third kappa shape index (κ3) is 4.07. The van der Waals surface area contributed by atoms with Crippen molar-refractivity contribution in [2.24, 2.45) is 5.41 Å². The van der Waals surface area contributed by atoms with E-state index >= 15 is 0 Å².